The van der Waals surface area contributed by atoms with Crippen LogP contribution in [0, 0.1) is 0 Å². The normalized spacial score (nSPS) is 11.7. The fourth-order valence-electron chi connectivity index (χ4n) is 3.11. The van der Waals surface area contributed by atoms with E-state index in [1.54, 1.807) is 7.11 Å². The van der Waals surface area contributed by atoms with E-state index in [1.807, 2.05) is 18.7 Å². The topological polar surface area (TPSA) is 39.1 Å². The molecule has 0 spiro atoms. The SMILES string of the molecule is CCCCCc1cc(C(C)(C)NCCCn2ccnc2)ccc1OC. The maximum atomic E-state index is 5.55. The Balaban J connectivity index is 1.95. The van der Waals surface area contributed by atoms with E-state index < -0.39 is 0 Å². The van der Waals surface area contributed by atoms with E-state index in [1.165, 1.54) is 30.4 Å². The Hall–Kier alpha value is -1.81. The zero-order valence-corrected chi connectivity index (χ0v) is 16.2. The van der Waals surface area contributed by atoms with Gasteiger partial charge in [0.2, 0.25) is 0 Å². The van der Waals surface area contributed by atoms with Gasteiger partial charge in [-0.3, -0.25) is 0 Å². The van der Waals surface area contributed by atoms with Crippen molar-refractivity contribution in [1.29, 1.82) is 0 Å². The molecule has 0 unspecified atom stereocenters. The third-order valence-corrected chi connectivity index (χ3v) is 4.77. The summed E-state index contributed by atoms with van der Waals surface area (Å²) in [7, 11) is 1.76. The highest BCUT2D eigenvalue weighted by Crippen LogP contribution is 2.28. The molecule has 0 aliphatic heterocycles. The maximum Gasteiger partial charge on any atom is 0.122 e. The number of aromatic nitrogens is 2. The highest BCUT2D eigenvalue weighted by molar-refractivity contribution is 5.39. The van der Waals surface area contributed by atoms with Gasteiger partial charge in [-0.2, -0.15) is 0 Å². The van der Waals surface area contributed by atoms with E-state index in [2.05, 4.69) is 53.8 Å². The van der Waals surface area contributed by atoms with Gasteiger partial charge in [0.25, 0.3) is 0 Å². The van der Waals surface area contributed by atoms with Crippen molar-refractivity contribution >= 4 is 0 Å². The van der Waals surface area contributed by atoms with Crippen LogP contribution in [0.4, 0.5) is 0 Å². The Morgan fingerprint density at radius 3 is 2.72 bits per heavy atom. The van der Waals surface area contributed by atoms with E-state index >= 15 is 0 Å². The molecule has 1 heterocycles. The molecule has 1 N–H and O–H groups in total. The molecule has 1 aromatic carbocycles. The van der Waals surface area contributed by atoms with E-state index in [-0.39, 0.29) is 5.54 Å². The zero-order chi connectivity index (χ0) is 18.1. The predicted octanol–water partition coefficient (Wildman–Crippen LogP) is 4.54. The number of methoxy groups -OCH3 is 1. The quantitative estimate of drug-likeness (QED) is 0.609. The summed E-state index contributed by atoms with van der Waals surface area (Å²) in [4.78, 5) is 4.08. The van der Waals surface area contributed by atoms with Crippen molar-refractivity contribution in [2.45, 2.75) is 65.0 Å². The first-order chi connectivity index (χ1) is 12.1. The van der Waals surface area contributed by atoms with Crippen LogP contribution >= 0.6 is 0 Å². The molecule has 0 amide bonds. The number of aryl methyl sites for hydroxylation is 2. The number of nitrogens with one attached hydrogen (secondary N) is 1. The number of hydrogen-bond donors (Lipinski definition) is 1. The summed E-state index contributed by atoms with van der Waals surface area (Å²) in [6.45, 7) is 8.71. The molecular formula is C21H33N3O. The van der Waals surface area contributed by atoms with Crippen molar-refractivity contribution in [3.63, 3.8) is 0 Å². The summed E-state index contributed by atoms with van der Waals surface area (Å²) < 4.78 is 7.67. The summed E-state index contributed by atoms with van der Waals surface area (Å²) in [5.74, 6) is 1.01. The monoisotopic (exact) mass is 343 g/mol. The third-order valence-electron chi connectivity index (χ3n) is 4.77. The van der Waals surface area contributed by atoms with Crippen LogP contribution in [0.25, 0.3) is 0 Å². The number of benzene rings is 1. The van der Waals surface area contributed by atoms with Gasteiger partial charge in [-0.15, -0.1) is 0 Å². The van der Waals surface area contributed by atoms with Gasteiger partial charge in [-0.25, -0.2) is 4.98 Å². The first-order valence-electron chi connectivity index (χ1n) is 9.45. The first kappa shape index (κ1) is 19.5. The van der Waals surface area contributed by atoms with Gasteiger partial charge in [-0.05, 0) is 56.8 Å². The molecule has 25 heavy (non-hydrogen) atoms. The summed E-state index contributed by atoms with van der Waals surface area (Å²) in [5, 5.41) is 3.70. The highest BCUT2D eigenvalue weighted by Gasteiger charge is 2.20. The fraction of sp³-hybridized carbons (Fsp3) is 0.571. The molecule has 0 bridgehead atoms. The third kappa shape index (κ3) is 5.89. The lowest BCUT2D eigenvalue weighted by Crippen LogP contribution is -2.37. The smallest absolute Gasteiger partial charge is 0.122 e. The van der Waals surface area contributed by atoms with E-state index in [9.17, 15) is 0 Å². The molecule has 4 heteroatoms. The van der Waals surface area contributed by atoms with Crippen molar-refractivity contribution in [3.05, 3.63) is 48.0 Å². The van der Waals surface area contributed by atoms with Gasteiger partial charge in [-0.1, -0.05) is 31.9 Å². The Kier molecular flexibility index (Phi) is 7.51. The summed E-state index contributed by atoms with van der Waals surface area (Å²) in [5.41, 5.74) is 2.59. The second kappa shape index (κ2) is 9.62. The van der Waals surface area contributed by atoms with Gasteiger partial charge >= 0.3 is 0 Å². The number of nitrogens with zero attached hydrogens (tertiary/aromatic N) is 2. The zero-order valence-electron chi connectivity index (χ0n) is 16.2. The lowest BCUT2D eigenvalue weighted by molar-refractivity contribution is 0.388. The maximum absolute atomic E-state index is 5.55. The molecule has 0 radical (unpaired) electrons. The van der Waals surface area contributed by atoms with Gasteiger partial charge < -0.3 is 14.6 Å². The van der Waals surface area contributed by atoms with Gasteiger partial charge in [0.05, 0.1) is 13.4 Å². The van der Waals surface area contributed by atoms with Crippen molar-refractivity contribution in [3.8, 4) is 5.75 Å². The van der Waals surface area contributed by atoms with Crippen molar-refractivity contribution < 1.29 is 4.74 Å². The standard InChI is InChI=1S/C21H33N3O/c1-5-6-7-9-18-16-19(10-11-20(18)25-4)21(2,3)23-12-8-14-24-15-13-22-17-24/h10-11,13,15-17,23H,5-9,12,14H2,1-4H3. The first-order valence-corrected chi connectivity index (χ1v) is 9.45. The van der Waals surface area contributed by atoms with E-state index in [0.29, 0.717) is 0 Å². The molecule has 138 valence electrons. The molecule has 0 aliphatic carbocycles. The predicted molar refractivity (Wildman–Crippen MR) is 104 cm³/mol. The van der Waals surface area contributed by atoms with Gasteiger partial charge in [0.1, 0.15) is 5.75 Å². The molecule has 0 atom stereocenters. The largest absolute Gasteiger partial charge is 0.496 e. The van der Waals surface area contributed by atoms with Gasteiger partial charge in [0.15, 0.2) is 0 Å². The van der Waals surface area contributed by atoms with Crippen LogP contribution in [0.5, 0.6) is 5.75 Å². The summed E-state index contributed by atoms with van der Waals surface area (Å²) in [6.07, 6.45) is 11.6. The van der Waals surface area contributed by atoms with Crippen molar-refractivity contribution in [2.75, 3.05) is 13.7 Å². The summed E-state index contributed by atoms with van der Waals surface area (Å²) in [6, 6.07) is 6.62. The molecule has 0 fully saturated rings. The van der Waals surface area contributed by atoms with Crippen LogP contribution in [-0.4, -0.2) is 23.2 Å². The molecule has 1 aromatic heterocycles. The van der Waals surface area contributed by atoms with Crippen LogP contribution in [-0.2, 0) is 18.5 Å². The Labute approximate surface area is 152 Å². The van der Waals surface area contributed by atoms with Crippen molar-refractivity contribution in [1.82, 2.24) is 14.9 Å². The lowest BCUT2D eigenvalue weighted by Gasteiger charge is -2.28. The van der Waals surface area contributed by atoms with Crippen LogP contribution in [0.3, 0.4) is 0 Å². The number of hydrogen-bond acceptors (Lipinski definition) is 3. The van der Waals surface area contributed by atoms with E-state index in [0.717, 1.165) is 31.7 Å². The summed E-state index contributed by atoms with van der Waals surface area (Å²) >= 11 is 0. The molecule has 0 saturated carbocycles. The minimum Gasteiger partial charge on any atom is -0.496 e. The Bertz CT molecular complexity index is 620. The number of imidazole rings is 1. The van der Waals surface area contributed by atoms with Crippen LogP contribution in [0.1, 0.15) is 57.6 Å². The highest BCUT2D eigenvalue weighted by atomic mass is 16.5. The molecule has 0 aliphatic rings. The lowest BCUT2D eigenvalue weighted by atomic mass is 9.91. The average Bonchev–Trinajstić information content (AvgIpc) is 3.12. The Morgan fingerprint density at radius 1 is 1.20 bits per heavy atom. The second-order valence-corrected chi connectivity index (χ2v) is 7.19. The fourth-order valence-corrected chi connectivity index (χ4v) is 3.11. The molecule has 4 nitrogen and oxygen atoms in total. The average molecular weight is 344 g/mol. The minimum absolute atomic E-state index is 0.0548. The molecule has 2 rings (SSSR count). The molecule has 0 saturated heterocycles. The Morgan fingerprint density at radius 2 is 2.04 bits per heavy atom. The molecule has 2 aromatic rings. The second-order valence-electron chi connectivity index (χ2n) is 7.19. The van der Waals surface area contributed by atoms with Crippen LogP contribution in [0.15, 0.2) is 36.9 Å². The minimum atomic E-state index is -0.0548. The number of rotatable bonds is 11. The number of ether oxygens (including phenoxy) is 1. The van der Waals surface area contributed by atoms with Crippen molar-refractivity contribution in [2.24, 2.45) is 0 Å². The van der Waals surface area contributed by atoms with E-state index in [4.69, 9.17) is 4.74 Å². The number of unbranched alkanes of at least 4 members (excludes halogenated alkanes) is 2. The van der Waals surface area contributed by atoms with Crippen LogP contribution < -0.4 is 10.1 Å². The van der Waals surface area contributed by atoms with Gasteiger partial charge in [0, 0.05) is 24.5 Å². The molecular weight excluding hydrogens is 310 g/mol. The van der Waals surface area contributed by atoms with Crippen LogP contribution in [0.2, 0.25) is 0 Å².